The van der Waals surface area contributed by atoms with Gasteiger partial charge in [-0.2, -0.15) is 0 Å². The first-order valence-corrected chi connectivity index (χ1v) is 6.26. The number of nitro groups is 1. The van der Waals surface area contributed by atoms with E-state index in [-0.39, 0.29) is 22.3 Å². The van der Waals surface area contributed by atoms with E-state index in [0.29, 0.717) is 25.2 Å². The molecule has 0 aliphatic rings. The highest BCUT2D eigenvalue weighted by Gasteiger charge is 2.18. The summed E-state index contributed by atoms with van der Waals surface area (Å²) in [5.41, 5.74) is 0.437. The maximum Gasteiger partial charge on any atom is 0.272 e. The first-order chi connectivity index (χ1) is 8.51. The number of benzene rings is 1. The summed E-state index contributed by atoms with van der Waals surface area (Å²) < 4.78 is 0. The molecule has 1 aromatic carbocycles. The van der Waals surface area contributed by atoms with E-state index < -0.39 is 4.92 Å². The third-order valence-electron chi connectivity index (χ3n) is 2.50. The first-order valence-electron chi connectivity index (χ1n) is 5.50. The molecule has 0 bridgehead atoms. The summed E-state index contributed by atoms with van der Waals surface area (Å²) >= 11 is 12.1. The third kappa shape index (κ3) is 3.48. The number of nitro benzene ring substituents is 1. The van der Waals surface area contributed by atoms with Crippen LogP contribution in [0.5, 0.6) is 0 Å². The van der Waals surface area contributed by atoms with Crippen LogP contribution in [-0.2, 0) is 0 Å². The van der Waals surface area contributed by atoms with Gasteiger partial charge in [-0.3, -0.25) is 10.1 Å². The van der Waals surface area contributed by atoms with Crippen molar-refractivity contribution in [2.75, 3.05) is 24.6 Å². The van der Waals surface area contributed by atoms with Gasteiger partial charge in [0.1, 0.15) is 0 Å². The zero-order chi connectivity index (χ0) is 13.7. The zero-order valence-electron chi connectivity index (χ0n) is 9.90. The lowest BCUT2D eigenvalue weighted by atomic mass is 10.2. The number of non-ortho nitro benzene ring substituents is 1. The van der Waals surface area contributed by atoms with Crippen LogP contribution in [0.25, 0.3) is 0 Å². The van der Waals surface area contributed by atoms with Gasteiger partial charge in [0.15, 0.2) is 0 Å². The molecular formula is C11H14Cl2N2O3. The maximum atomic E-state index is 10.7. The fourth-order valence-corrected chi connectivity index (χ4v) is 2.36. The van der Waals surface area contributed by atoms with Gasteiger partial charge in [0, 0.05) is 31.8 Å². The molecule has 1 aromatic rings. The van der Waals surface area contributed by atoms with E-state index in [0.717, 1.165) is 0 Å². The van der Waals surface area contributed by atoms with E-state index in [4.69, 9.17) is 28.3 Å². The van der Waals surface area contributed by atoms with Gasteiger partial charge in [-0.15, -0.1) is 0 Å². The van der Waals surface area contributed by atoms with E-state index in [1.54, 1.807) is 0 Å². The van der Waals surface area contributed by atoms with Crippen LogP contribution in [0.2, 0.25) is 10.0 Å². The quantitative estimate of drug-likeness (QED) is 0.646. The summed E-state index contributed by atoms with van der Waals surface area (Å²) in [6, 6.07) is 2.56. The Morgan fingerprint density at radius 3 is 2.33 bits per heavy atom. The minimum absolute atomic E-state index is 0.0682. The molecule has 5 nitrogen and oxygen atoms in total. The third-order valence-corrected chi connectivity index (χ3v) is 3.07. The van der Waals surface area contributed by atoms with Crippen LogP contribution < -0.4 is 4.90 Å². The largest absolute Gasteiger partial charge is 0.396 e. The summed E-state index contributed by atoms with van der Waals surface area (Å²) in [6.07, 6.45) is 0.581. The number of hydrogen-bond donors (Lipinski definition) is 1. The number of aliphatic hydroxyl groups excluding tert-OH is 1. The van der Waals surface area contributed by atoms with Gasteiger partial charge in [-0.05, 0) is 13.3 Å². The summed E-state index contributed by atoms with van der Waals surface area (Å²) in [5, 5.41) is 20.0. The molecule has 0 aromatic heterocycles. The Kier molecular flexibility index (Phi) is 5.65. The molecule has 100 valence electrons. The molecule has 0 unspecified atom stereocenters. The van der Waals surface area contributed by atoms with Gasteiger partial charge in [0.05, 0.1) is 20.7 Å². The van der Waals surface area contributed by atoms with E-state index in [1.165, 1.54) is 12.1 Å². The zero-order valence-corrected chi connectivity index (χ0v) is 11.4. The smallest absolute Gasteiger partial charge is 0.272 e. The Bertz CT molecular complexity index is 417. The Labute approximate surface area is 115 Å². The van der Waals surface area contributed by atoms with Crippen molar-refractivity contribution in [3.8, 4) is 0 Å². The molecule has 0 aliphatic heterocycles. The Balaban J connectivity index is 3.11. The molecule has 0 saturated carbocycles. The second-order valence-electron chi connectivity index (χ2n) is 3.67. The van der Waals surface area contributed by atoms with Crippen molar-refractivity contribution < 1.29 is 10.0 Å². The van der Waals surface area contributed by atoms with E-state index in [1.807, 2.05) is 11.8 Å². The van der Waals surface area contributed by atoms with Gasteiger partial charge in [-0.1, -0.05) is 23.2 Å². The fourth-order valence-electron chi connectivity index (χ4n) is 1.65. The number of hydrogen-bond acceptors (Lipinski definition) is 4. The van der Waals surface area contributed by atoms with Gasteiger partial charge in [-0.25, -0.2) is 0 Å². The van der Waals surface area contributed by atoms with Crippen LogP contribution in [0.1, 0.15) is 13.3 Å². The first kappa shape index (κ1) is 15.0. The fraction of sp³-hybridized carbons (Fsp3) is 0.455. The maximum absolute atomic E-state index is 10.7. The molecule has 0 heterocycles. The standard InChI is InChI=1S/C11H14Cl2N2O3/c1-2-14(4-3-5-16)11-9(12)6-8(15(17)18)7-10(11)13/h6-7,16H,2-5H2,1H3. The number of nitrogens with zero attached hydrogens (tertiary/aromatic N) is 2. The van der Waals surface area contributed by atoms with Crippen molar-refractivity contribution >= 4 is 34.6 Å². The Hall–Kier alpha value is -1.04. The highest BCUT2D eigenvalue weighted by Crippen LogP contribution is 2.37. The summed E-state index contributed by atoms with van der Waals surface area (Å²) in [7, 11) is 0. The molecule has 0 radical (unpaired) electrons. The van der Waals surface area contributed by atoms with Gasteiger partial charge in [0.25, 0.3) is 5.69 Å². The second kappa shape index (κ2) is 6.78. The molecule has 0 fully saturated rings. The normalized spacial score (nSPS) is 10.4. The van der Waals surface area contributed by atoms with Crippen LogP contribution >= 0.6 is 23.2 Å². The SMILES string of the molecule is CCN(CCCO)c1c(Cl)cc([N+](=O)[O-])cc1Cl. The molecular weight excluding hydrogens is 279 g/mol. The molecule has 0 amide bonds. The summed E-state index contributed by atoms with van der Waals surface area (Å²) in [5.74, 6) is 0. The second-order valence-corrected chi connectivity index (χ2v) is 4.49. The van der Waals surface area contributed by atoms with Crippen molar-refractivity contribution in [3.05, 3.63) is 32.3 Å². The topological polar surface area (TPSA) is 66.6 Å². The number of rotatable bonds is 6. The number of aliphatic hydroxyl groups is 1. The Morgan fingerprint density at radius 1 is 1.39 bits per heavy atom. The summed E-state index contributed by atoms with van der Waals surface area (Å²) in [4.78, 5) is 12.0. The van der Waals surface area contributed by atoms with Crippen molar-refractivity contribution in [3.63, 3.8) is 0 Å². The van der Waals surface area contributed by atoms with Crippen LogP contribution in [0, 0.1) is 10.1 Å². The molecule has 0 atom stereocenters. The molecule has 18 heavy (non-hydrogen) atoms. The average molecular weight is 293 g/mol. The predicted molar refractivity (Wildman–Crippen MR) is 72.7 cm³/mol. The van der Waals surface area contributed by atoms with Gasteiger partial charge in [0.2, 0.25) is 0 Å². The highest BCUT2D eigenvalue weighted by atomic mass is 35.5. The molecule has 0 aliphatic carbocycles. The molecule has 1 rings (SSSR count). The highest BCUT2D eigenvalue weighted by molar-refractivity contribution is 6.39. The predicted octanol–water partition coefficient (Wildman–Crippen LogP) is 3.11. The van der Waals surface area contributed by atoms with E-state index in [2.05, 4.69) is 0 Å². The van der Waals surface area contributed by atoms with E-state index in [9.17, 15) is 10.1 Å². The van der Waals surface area contributed by atoms with Crippen molar-refractivity contribution in [2.45, 2.75) is 13.3 Å². The van der Waals surface area contributed by atoms with Crippen LogP contribution in [-0.4, -0.2) is 29.7 Å². The minimum Gasteiger partial charge on any atom is -0.396 e. The van der Waals surface area contributed by atoms with Crippen molar-refractivity contribution in [1.82, 2.24) is 0 Å². The molecule has 0 spiro atoms. The summed E-state index contributed by atoms with van der Waals surface area (Å²) in [6.45, 7) is 3.23. The monoisotopic (exact) mass is 292 g/mol. The number of halogens is 2. The Morgan fingerprint density at radius 2 is 1.94 bits per heavy atom. The molecule has 0 saturated heterocycles. The van der Waals surface area contributed by atoms with Crippen LogP contribution in [0.4, 0.5) is 11.4 Å². The van der Waals surface area contributed by atoms with Gasteiger partial charge < -0.3 is 10.0 Å². The molecule has 1 N–H and O–H groups in total. The van der Waals surface area contributed by atoms with Gasteiger partial charge >= 0.3 is 0 Å². The van der Waals surface area contributed by atoms with Crippen LogP contribution in [0.15, 0.2) is 12.1 Å². The lowest BCUT2D eigenvalue weighted by Gasteiger charge is -2.24. The lowest BCUT2D eigenvalue weighted by molar-refractivity contribution is -0.384. The lowest BCUT2D eigenvalue weighted by Crippen LogP contribution is -2.25. The number of anilines is 1. The molecule has 7 heteroatoms. The van der Waals surface area contributed by atoms with E-state index >= 15 is 0 Å². The van der Waals surface area contributed by atoms with Crippen molar-refractivity contribution in [1.29, 1.82) is 0 Å². The van der Waals surface area contributed by atoms with Crippen molar-refractivity contribution in [2.24, 2.45) is 0 Å². The average Bonchev–Trinajstić information content (AvgIpc) is 2.32. The van der Waals surface area contributed by atoms with Crippen LogP contribution in [0.3, 0.4) is 0 Å². The minimum atomic E-state index is -0.536.